The van der Waals surface area contributed by atoms with Gasteiger partial charge in [-0.2, -0.15) is 0 Å². The Kier molecular flexibility index (Phi) is 12.6. The summed E-state index contributed by atoms with van der Waals surface area (Å²) in [5.74, 6) is -4.81. The molecule has 0 bridgehead atoms. The van der Waals surface area contributed by atoms with Crippen LogP contribution in [0.2, 0.25) is 10.0 Å². The van der Waals surface area contributed by atoms with Crippen molar-refractivity contribution in [1.82, 2.24) is 19.9 Å². The summed E-state index contributed by atoms with van der Waals surface area (Å²) >= 11 is 14.5. The van der Waals surface area contributed by atoms with Gasteiger partial charge >= 0.3 is 5.97 Å². The van der Waals surface area contributed by atoms with E-state index >= 15 is 4.39 Å². The summed E-state index contributed by atoms with van der Waals surface area (Å²) in [4.78, 5) is 39.2. The first-order valence-electron chi connectivity index (χ1n) is 20.6. The summed E-state index contributed by atoms with van der Waals surface area (Å²) in [6.07, 6.45) is 7.84. The number of benzene rings is 2. The summed E-state index contributed by atoms with van der Waals surface area (Å²) < 4.78 is 63.5. The Morgan fingerprint density at radius 2 is 1.24 bits per heavy atom. The lowest BCUT2D eigenvalue weighted by Gasteiger charge is -2.34. The Morgan fingerprint density at radius 3 is 1.73 bits per heavy atom. The van der Waals surface area contributed by atoms with Crippen molar-refractivity contribution >= 4 is 84.8 Å². The number of carbonyl (C=O) groups excluding carboxylic acids is 1. The maximum atomic E-state index is 15.2. The zero-order chi connectivity index (χ0) is 46.2. The molecule has 11 nitrogen and oxygen atoms in total. The van der Waals surface area contributed by atoms with Gasteiger partial charge in [0.1, 0.15) is 4.75 Å². The van der Waals surface area contributed by atoms with Crippen LogP contribution in [0.4, 0.5) is 17.6 Å². The molecule has 344 valence electrons. The highest BCUT2D eigenvalue weighted by molar-refractivity contribution is 8.16. The minimum absolute atomic E-state index is 0. The van der Waals surface area contributed by atoms with E-state index in [2.05, 4.69) is 29.9 Å². The molecule has 10 rings (SSSR count). The number of thioether (sulfide) groups is 2. The molecule has 2 fully saturated rings. The molecular weight excluding hydrogens is 936 g/mol. The highest BCUT2D eigenvalue weighted by Crippen LogP contribution is 2.67. The van der Waals surface area contributed by atoms with E-state index in [9.17, 15) is 23.1 Å². The number of aliphatic imine (C=N–C) groups is 2. The van der Waals surface area contributed by atoms with Crippen molar-refractivity contribution in [3.05, 3.63) is 140 Å². The molecule has 0 amide bonds. The molecule has 2 aliphatic heterocycles. The van der Waals surface area contributed by atoms with Gasteiger partial charge in [0.25, 0.3) is 0 Å². The van der Waals surface area contributed by atoms with Gasteiger partial charge in [-0.1, -0.05) is 54.2 Å². The van der Waals surface area contributed by atoms with Gasteiger partial charge in [-0.25, -0.2) is 17.6 Å². The number of aliphatic hydroxyl groups is 1. The molecule has 2 aliphatic carbocycles. The molecule has 6 heterocycles. The van der Waals surface area contributed by atoms with Crippen molar-refractivity contribution in [3.8, 4) is 0 Å². The molecule has 4 aliphatic rings. The molecule has 5 N–H and O–H groups in total. The second kappa shape index (κ2) is 17.5. The number of halogens is 6. The third-order valence-corrected chi connectivity index (χ3v) is 15.7. The highest BCUT2D eigenvalue weighted by Gasteiger charge is 2.72. The van der Waals surface area contributed by atoms with Gasteiger partial charge in [-0.15, -0.1) is 0 Å². The number of rotatable bonds is 9. The SMILES string of the molecule is C.CCOC(=O)[C@]12C[C@H]1[C@@](C)(c1cc(Cc3nccc4cc(Cl)cnc34)cc(F)c1F)N=C(N)S2.C[C@]1(c2cc(Cc3nccc4cc(Cl)cnc34)cc(F)c2F)N=C(N)S[C@@]2(CO)C[C@H]21. The number of ether oxygens (including phenoxy) is 1. The van der Waals surface area contributed by atoms with Crippen LogP contribution < -0.4 is 11.5 Å². The van der Waals surface area contributed by atoms with Gasteiger partial charge in [0, 0.05) is 71.4 Å². The van der Waals surface area contributed by atoms with Crippen LogP contribution in [0.15, 0.2) is 83.3 Å². The smallest absolute Gasteiger partial charge is 0.323 e. The number of amidine groups is 2. The number of nitrogens with zero attached hydrogens (tertiary/aromatic N) is 6. The summed E-state index contributed by atoms with van der Waals surface area (Å²) in [6, 6.07) is 12.7. The van der Waals surface area contributed by atoms with Gasteiger partial charge in [-0.3, -0.25) is 34.7 Å². The number of carbonyl (C=O) groups is 1. The number of pyridine rings is 4. The zero-order valence-corrected chi connectivity index (χ0v) is 38.2. The Labute approximate surface area is 396 Å². The van der Waals surface area contributed by atoms with Gasteiger partial charge < -0.3 is 21.3 Å². The number of nitrogens with two attached hydrogens (primary N) is 2. The average Bonchev–Trinajstić information content (AvgIpc) is 4.19. The van der Waals surface area contributed by atoms with Gasteiger partial charge in [0.15, 0.2) is 33.6 Å². The Balaban J connectivity index is 0.000000177. The summed E-state index contributed by atoms with van der Waals surface area (Å²) in [5, 5.41) is 12.9. The molecular formula is C47H44Cl2F4N8O3S2. The van der Waals surface area contributed by atoms with E-state index in [1.807, 2.05) is 0 Å². The number of esters is 1. The molecule has 0 unspecified atom stereocenters. The van der Waals surface area contributed by atoms with E-state index in [0.717, 1.165) is 28.6 Å². The third kappa shape index (κ3) is 8.24. The summed E-state index contributed by atoms with van der Waals surface area (Å²) in [7, 11) is 0. The largest absolute Gasteiger partial charge is 0.465 e. The van der Waals surface area contributed by atoms with E-state index in [-0.39, 0.29) is 66.8 Å². The van der Waals surface area contributed by atoms with Crippen molar-refractivity contribution in [1.29, 1.82) is 0 Å². The first kappa shape index (κ1) is 47.4. The fraction of sp³-hybridized carbons (Fsp3) is 0.340. The quantitative estimate of drug-likeness (QED) is 0.0930. The first-order chi connectivity index (χ1) is 30.9. The van der Waals surface area contributed by atoms with E-state index in [1.165, 1.54) is 30.2 Å². The lowest BCUT2D eigenvalue weighted by Crippen LogP contribution is -2.40. The second-order valence-electron chi connectivity index (χ2n) is 16.9. The first-order valence-corrected chi connectivity index (χ1v) is 22.9. The molecule has 2 aromatic carbocycles. The minimum Gasteiger partial charge on any atom is -0.465 e. The van der Waals surface area contributed by atoms with Crippen molar-refractivity contribution < 1.29 is 32.2 Å². The van der Waals surface area contributed by atoms with Crippen LogP contribution in [0.1, 0.15) is 74.7 Å². The van der Waals surface area contributed by atoms with Crippen LogP contribution in [0.5, 0.6) is 0 Å². The number of aromatic nitrogens is 4. The van der Waals surface area contributed by atoms with Crippen molar-refractivity contribution in [2.24, 2.45) is 33.3 Å². The van der Waals surface area contributed by atoms with Crippen LogP contribution in [-0.4, -0.2) is 64.1 Å². The van der Waals surface area contributed by atoms with Crippen LogP contribution >= 0.6 is 46.7 Å². The normalized spacial score (nSPS) is 25.9. The van der Waals surface area contributed by atoms with Crippen molar-refractivity contribution in [3.63, 3.8) is 0 Å². The van der Waals surface area contributed by atoms with Crippen LogP contribution in [0, 0.1) is 35.1 Å². The highest BCUT2D eigenvalue weighted by atomic mass is 35.5. The molecule has 4 aromatic heterocycles. The molecule has 19 heteroatoms. The van der Waals surface area contributed by atoms with E-state index in [1.54, 1.807) is 69.6 Å². The molecule has 2 saturated carbocycles. The lowest BCUT2D eigenvalue weighted by molar-refractivity contribution is -0.143. The summed E-state index contributed by atoms with van der Waals surface area (Å²) in [6.45, 7) is 5.29. The molecule has 0 radical (unpaired) electrons. The van der Waals surface area contributed by atoms with Crippen LogP contribution in [0.3, 0.4) is 0 Å². The number of fused-ring (bicyclic) bond motifs is 4. The Morgan fingerprint density at radius 1 is 0.758 bits per heavy atom. The van der Waals surface area contributed by atoms with E-state index in [4.69, 9.17) is 39.4 Å². The van der Waals surface area contributed by atoms with Gasteiger partial charge in [0.2, 0.25) is 0 Å². The average molecular weight is 980 g/mol. The fourth-order valence-electron chi connectivity index (χ4n) is 9.46. The predicted octanol–water partition coefficient (Wildman–Crippen LogP) is 9.57. The Hall–Kier alpha value is -5.07. The maximum absolute atomic E-state index is 15.2. The van der Waals surface area contributed by atoms with E-state index < -0.39 is 49.8 Å². The standard InChI is InChI=1S/C24H21ClF2N4O2S.C22H19ClF2N4OS.CH4/c1-3-33-21(32)24-10-18(24)23(2,31-22(28)34-24)15-6-12(7-16(26)19(15)27)8-17-20-13(4-5-29-17)9-14(25)11-30-20;1-21(17-8-22(17,10-30)31-20(26)29-21)14-4-11(5-15(24)18(14)25)6-16-19-12(2-3-27-16)7-13(23)9-28-19;/h4-7,9,11,18H,3,8,10H2,1-2H3,(H2,28,31);2-5,7,9,17,30H,6,8,10H2,1H3,(H2,26,29);1H4/t18-,23+,24-;17-,21+,22+;/m00./s1. The lowest BCUT2D eigenvalue weighted by atomic mass is 9.84. The molecule has 6 atom stereocenters. The topological polar surface area (TPSA) is 175 Å². The molecule has 0 spiro atoms. The zero-order valence-electron chi connectivity index (χ0n) is 35.0. The van der Waals surface area contributed by atoms with Crippen molar-refractivity contribution in [2.75, 3.05) is 13.2 Å². The number of aliphatic hydroxyl groups excluding tert-OH is 1. The molecule has 6 aromatic rings. The predicted molar refractivity (Wildman–Crippen MR) is 253 cm³/mol. The third-order valence-electron chi connectivity index (χ3n) is 12.8. The Bertz CT molecular complexity index is 3030. The second-order valence-corrected chi connectivity index (χ2v) is 20.6. The number of hydrogen-bond donors (Lipinski definition) is 3. The van der Waals surface area contributed by atoms with E-state index in [0.29, 0.717) is 56.4 Å². The van der Waals surface area contributed by atoms with Gasteiger partial charge in [-0.05, 0) is 93.3 Å². The molecule has 66 heavy (non-hydrogen) atoms. The van der Waals surface area contributed by atoms with Crippen LogP contribution in [-0.2, 0) is 33.5 Å². The monoisotopic (exact) mass is 978 g/mol. The summed E-state index contributed by atoms with van der Waals surface area (Å²) in [5.41, 5.74) is 13.6. The van der Waals surface area contributed by atoms with Crippen LogP contribution in [0.25, 0.3) is 21.8 Å². The number of hydrogen-bond acceptors (Lipinski definition) is 13. The van der Waals surface area contributed by atoms with Gasteiger partial charge in [0.05, 0.1) is 61.5 Å². The maximum Gasteiger partial charge on any atom is 0.323 e. The van der Waals surface area contributed by atoms with Crippen molar-refractivity contribution in [2.45, 2.75) is 74.5 Å². The molecule has 0 saturated heterocycles. The minimum atomic E-state index is -1.22. The fourth-order valence-corrected chi connectivity index (χ4v) is 12.5.